The number of carbonyl (C=O) groups is 1. The van der Waals surface area contributed by atoms with Crippen LogP contribution in [0, 0.1) is 5.92 Å². The van der Waals surface area contributed by atoms with E-state index in [1.54, 1.807) is 0 Å². The molecule has 0 saturated heterocycles. The largest absolute Gasteiger partial charge is 0.416 e. The van der Waals surface area contributed by atoms with Crippen LogP contribution in [0.1, 0.15) is 42.1 Å². The first-order valence-corrected chi connectivity index (χ1v) is 7.29. The van der Waals surface area contributed by atoms with Gasteiger partial charge in [0, 0.05) is 10.5 Å². The van der Waals surface area contributed by atoms with Crippen LogP contribution in [0.15, 0.2) is 22.7 Å². The summed E-state index contributed by atoms with van der Waals surface area (Å²) in [7, 11) is 0. The van der Waals surface area contributed by atoms with Gasteiger partial charge in [-0.15, -0.1) is 0 Å². The molecular formula is C14H15BrF3NO. The van der Waals surface area contributed by atoms with E-state index in [1.165, 1.54) is 6.07 Å². The maximum Gasteiger partial charge on any atom is 0.416 e. The van der Waals surface area contributed by atoms with Gasteiger partial charge in [0.25, 0.3) is 5.91 Å². The normalized spacial score (nSPS) is 21.6. The van der Waals surface area contributed by atoms with Crippen molar-refractivity contribution in [3.63, 3.8) is 0 Å². The molecule has 1 fully saturated rings. The molecule has 2 nitrogen and oxygen atoms in total. The van der Waals surface area contributed by atoms with E-state index in [1.807, 2.05) is 0 Å². The van der Waals surface area contributed by atoms with Gasteiger partial charge in [-0.25, -0.2) is 0 Å². The summed E-state index contributed by atoms with van der Waals surface area (Å²) in [4.78, 5) is 12.0. The minimum Gasteiger partial charge on any atom is -0.349 e. The number of halogens is 4. The van der Waals surface area contributed by atoms with Crippen molar-refractivity contribution in [2.24, 2.45) is 5.92 Å². The topological polar surface area (TPSA) is 29.1 Å². The Labute approximate surface area is 123 Å². The Morgan fingerprint density at radius 2 is 2.15 bits per heavy atom. The Hall–Kier alpha value is -1.04. The molecular weight excluding hydrogens is 335 g/mol. The Bertz CT molecular complexity index is 516. The predicted molar refractivity (Wildman–Crippen MR) is 73.4 cm³/mol. The number of nitrogens with one attached hydrogen (secondary N) is 1. The molecule has 1 saturated carbocycles. The molecule has 2 atom stereocenters. The number of hydrogen-bond donors (Lipinski definition) is 1. The molecule has 1 N–H and O–H groups in total. The van der Waals surface area contributed by atoms with Gasteiger partial charge in [0.05, 0.1) is 11.1 Å². The third kappa shape index (κ3) is 3.53. The van der Waals surface area contributed by atoms with Crippen LogP contribution in [-0.2, 0) is 6.18 Å². The van der Waals surface area contributed by atoms with Crippen LogP contribution in [0.5, 0.6) is 0 Å². The molecule has 2 rings (SSSR count). The van der Waals surface area contributed by atoms with Crippen molar-refractivity contribution < 1.29 is 18.0 Å². The molecule has 1 aromatic carbocycles. The predicted octanol–water partition coefficient (Wildman–Crippen LogP) is 4.39. The third-order valence-corrected chi connectivity index (χ3v) is 4.13. The molecule has 1 aliphatic rings. The number of carbonyl (C=O) groups excluding carboxylic acids is 1. The quantitative estimate of drug-likeness (QED) is 0.858. The lowest BCUT2D eigenvalue weighted by molar-refractivity contribution is -0.137. The molecule has 1 amide bonds. The summed E-state index contributed by atoms with van der Waals surface area (Å²) in [6.07, 6.45) is -1.45. The van der Waals surface area contributed by atoms with Gasteiger partial charge in [0.1, 0.15) is 0 Å². The first kappa shape index (κ1) is 15.4. The second-order valence-electron chi connectivity index (χ2n) is 5.06. The smallest absolute Gasteiger partial charge is 0.349 e. The van der Waals surface area contributed by atoms with Gasteiger partial charge in [-0.1, -0.05) is 13.3 Å². The third-order valence-electron chi connectivity index (χ3n) is 3.44. The number of amides is 1. The first-order chi connectivity index (χ1) is 9.32. The van der Waals surface area contributed by atoms with E-state index in [2.05, 4.69) is 28.2 Å². The molecule has 0 radical (unpaired) electrons. The SMILES string of the molecule is CCCC1CC1NC(=O)c1cc(C(F)(F)F)ccc1Br. The van der Waals surface area contributed by atoms with E-state index in [4.69, 9.17) is 0 Å². The van der Waals surface area contributed by atoms with Gasteiger partial charge < -0.3 is 5.32 Å². The highest BCUT2D eigenvalue weighted by molar-refractivity contribution is 9.10. The highest BCUT2D eigenvalue weighted by Crippen LogP contribution is 2.36. The summed E-state index contributed by atoms with van der Waals surface area (Å²) in [5.41, 5.74) is -0.784. The molecule has 1 aromatic rings. The lowest BCUT2D eigenvalue weighted by atomic mass is 10.1. The highest BCUT2D eigenvalue weighted by Gasteiger charge is 2.38. The minimum absolute atomic E-state index is 0.0296. The molecule has 20 heavy (non-hydrogen) atoms. The van der Waals surface area contributed by atoms with E-state index in [0.717, 1.165) is 31.4 Å². The van der Waals surface area contributed by atoms with Gasteiger partial charge in [0.15, 0.2) is 0 Å². The molecule has 110 valence electrons. The van der Waals surface area contributed by atoms with Crippen molar-refractivity contribution in [1.29, 1.82) is 0 Å². The van der Waals surface area contributed by atoms with E-state index in [9.17, 15) is 18.0 Å². The summed E-state index contributed by atoms with van der Waals surface area (Å²) in [6.45, 7) is 2.07. The second-order valence-corrected chi connectivity index (χ2v) is 5.91. The van der Waals surface area contributed by atoms with Crippen LogP contribution in [-0.4, -0.2) is 11.9 Å². The Morgan fingerprint density at radius 3 is 2.75 bits per heavy atom. The first-order valence-electron chi connectivity index (χ1n) is 6.50. The standard InChI is InChI=1S/C14H15BrF3NO/c1-2-3-8-6-12(8)19-13(20)10-7-9(14(16,17)18)4-5-11(10)15/h4-5,7-8,12H,2-3,6H2,1H3,(H,19,20). The number of rotatable bonds is 4. The van der Waals surface area contributed by atoms with Crippen LogP contribution >= 0.6 is 15.9 Å². The van der Waals surface area contributed by atoms with Crippen molar-refractivity contribution in [3.05, 3.63) is 33.8 Å². The van der Waals surface area contributed by atoms with E-state index in [-0.39, 0.29) is 11.6 Å². The van der Waals surface area contributed by atoms with E-state index >= 15 is 0 Å². The molecule has 0 aromatic heterocycles. The lowest BCUT2D eigenvalue weighted by Crippen LogP contribution is -2.27. The summed E-state index contributed by atoms with van der Waals surface area (Å²) < 4.78 is 38.3. The summed E-state index contributed by atoms with van der Waals surface area (Å²) >= 11 is 3.13. The summed E-state index contributed by atoms with van der Waals surface area (Å²) in [5.74, 6) is 0.0140. The zero-order chi connectivity index (χ0) is 14.9. The van der Waals surface area contributed by atoms with Crippen LogP contribution in [0.3, 0.4) is 0 Å². The molecule has 6 heteroatoms. The molecule has 1 aliphatic carbocycles. The monoisotopic (exact) mass is 349 g/mol. The van der Waals surface area contributed by atoms with Crippen molar-refractivity contribution in [2.75, 3.05) is 0 Å². The number of alkyl halides is 3. The summed E-state index contributed by atoms with van der Waals surface area (Å²) in [6, 6.07) is 3.20. The average Bonchev–Trinajstić information content (AvgIpc) is 3.06. The maximum absolute atomic E-state index is 12.7. The fourth-order valence-corrected chi connectivity index (χ4v) is 2.66. The molecule has 0 spiro atoms. The van der Waals surface area contributed by atoms with Crippen molar-refractivity contribution in [2.45, 2.75) is 38.4 Å². The zero-order valence-corrected chi connectivity index (χ0v) is 12.5. The van der Waals surface area contributed by atoms with Gasteiger partial charge in [0.2, 0.25) is 0 Å². The van der Waals surface area contributed by atoms with Crippen LogP contribution in [0.4, 0.5) is 13.2 Å². The van der Waals surface area contributed by atoms with E-state index in [0.29, 0.717) is 10.4 Å². The second kappa shape index (κ2) is 5.76. The highest BCUT2D eigenvalue weighted by atomic mass is 79.9. The fraction of sp³-hybridized carbons (Fsp3) is 0.500. The van der Waals surface area contributed by atoms with Crippen LogP contribution in [0.2, 0.25) is 0 Å². The number of hydrogen-bond acceptors (Lipinski definition) is 1. The van der Waals surface area contributed by atoms with Crippen molar-refractivity contribution >= 4 is 21.8 Å². The molecule has 0 heterocycles. The fourth-order valence-electron chi connectivity index (χ4n) is 2.24. The van der Waals surface area contributed by atoms with Crippen LogP contribution in [0.25, 0.3) is 0 Å². The molecule has 0 aliphatic heterocycles. The summed E-state index contributed by atoms with van der Waals surface area (Å²) in [5, 5.41) is 2.79. The van der Waals surface area contributed by atoms with E-state index < -0.39 is 17.6 Å². The molecule has 0 bridgehead atoms. The Balaban J connectivity index is 2.10. The lowest BCUT2D eigenvalue weighted by Gasteiger charge is -2.11. The minimum atomic E-state index is -4.44. The van der Waals surface area contributed by atoms with Gasteiger partial charge in [-0.05, 0) is 52.9 Å². The van der Waals surface area contributed by atoms with Crippen molar-refractivity contribution in [3.8, 4) is 0 Å². The maximum atomic E-state index is 12.7. The van der Waals surface area contributed by atoms with Gasteiger partial charge >= 0.3 is 6.18 Å². The van der Waals surface area contributed by atoms with Crippen molar-refractivity contribution in [1.82, 2.24) is 5.32 Å². The zero-order valence-electron chi connectivity index (χ0n) is 10.9. The Kier molecular flexibility index (Phi) is 4.42. The van der Waals surface area contributed by atoms with Crippen LogP contribution < -0.4 is 5.32 Å². The average molecular weight is 350 g/mol. The van der Waals surface area contributed by atoms with Gasteiger partial charge in [-0.2, -0.15) is 13.2 Å². The van der Waals surface area contributed by atoms with Gasteiger partial charge in [-0.3, -0.25) is 4.79 Å². The molecule has 2 unspecified atom stereocenters. The Morgan fingerprint density at radius 1 is 1.45 bits per heavy atom. The number of benzene rings is 1.